The third-order valence-corrected chi connectivity index (χ3v) is 7.20. The molecule has 2 aromatic carbocycles. The lowest BCUT2D eigenvalue weighted by Gasteiger charge is -2.32. The number of anilines is 1. The number of aryl methyl sites for hydroxylation is 1. The molecule has 2 fully saturated rings. The number of piperazine rings is 1. The van der Waals surface area contributed by atoms with E-state index in [1.54, 1.807) is 36.3 Å². The molecule has 38 heavy (non-hydrogen) atoms. The molecule has 2 saturated heterocycles. The molecule has 0 radical (unpaired) electrons. The van der Waals surface area contributed by atoms with E-state index in [1.165, 1.54) is 31.5 Å². The van der Waals surface area contributed by atoms with Crippen LogP contribution in [0, 0.1) is 11.6 Å². The van der Waals surface area contributed by atoms with Crippen LogP contribution in [0.1, 0.15) is 16.9 Å². The zero-order valence-electron chi connectivity index (χ0n) is 20.8. The number of nitrogens with one attached hydrogen (secondary N) is 1. The SMILES string of the molecule is COc1cccc(F)c1-c1ncc(-c2cc(F)c(-c3cnn(C)c3)cc2N2C[C@@H]3C[C@H]2CN3)c(C(N)=O)n1. The number of benzene rings is 2. The number of halogens is 2. The van der Waals surface area contributed by atoms with Crippen LogP contribution in [0.2, 0.25) is 0 Å². The predicted molar refractivity (Wildman–Crippen MR) is 138 cm³/mol. The second kappa shape index (κ2) is 9.18. The van der Waals surface area contributed by atoms with Gasteiger partial charge in [0.25, 0.3) is 5.91 Å². The second-order valence-corrected chi connectivity index (χ2v) is 9.54. The van der Waals surface area contributed by atoms with Crippen LogP contribution in [0.3, 0.4) is 0 Å². The molecule has 2 aromatic heterocycles. The number of aromatic nitrogens is 4. The third-order valence-electron chi connectivity index (χ3n) is 7.20. The third kappa shape index (κ3) is 3.95. The van der Waals surface area contributed by atoms with Crippen LogP contribution >= 0.6 is 0 Å². The largest absolute Gasteiger partial charge is 0.496 e. The summed E-state index contributed by atoms with van der Waals surface area (Å²) in [4.78, 5) is 23.6. The number of hydrogen-bond donors (Lipinski definition) is 2. The van der Waals surface area contributed by atoms with Crippen molar-refractivity contribution in [1.82, 2.24) is 25.1 Å². The molecule has 2 bridgehead atoms. The topological polar surface area (TPSA) is 111 Å². The number of nitrogens with zero attached hydrogens (tertiary/aromatic N) is 5. The lowest BCUT2D eigenvalue weighted by atomic mass is 9.97. The van der Waals surface area contributed by atoms with Crippen molar-refractivity contribution in [3.63, 3.8) is 0 Å². The summed E-state index contributed by atoms with van der Waals surface area (Å²) in [5.74, 6) is -1.79. The molecule has 2 atom stereocenters. The van der Waals surface area contributed by atoms with E-state index in [0.717, 1.165) is 25.2 Å². The summed E-state index contributed by atoms with van der Waals surface area (Å²) < 4.78 is 37.3. The van der Waals surface area contributed by atoms with Crippen molar-refractivity contribution >= 4 is 11.6 Å². The number of primary amides is 1. The summed E-state index contributed by atoms with van der Waals surface area (Å²) in [5.41, 5.74) is 8.07. The Morgan fingerprint density at radius 2 is 2.00 bits per heavy atom. The smallest absolute Gasteiger partial charge is 0.268 e. The van der Waals surface area contributed by atoms with E-state index >= 15 is 4.39 Å². The van der Waals surface area contributed by atoms with Gasteiger partial charge in [0.1, 0.15) is 23.1 Å². The van der Waals surface area contributed by atoms with E-state index in [4.69, 9.17) is 10.5 Å². The van der Waals surface area contributed by atoms with E-state index in [-0.39, 0.29) is 34.4 Å². The molecule has 4 heterocycles. The highest BCUT2D eigenvalue weighted by Crippen LogP contribution is 2.42. The van der Waals surface area contributed by atoms with Gasteiger partial charge in [0.05, 0.1) is 18.9 Å². The van der Waals surface area contributed by atoms with Crippen molar-refractivity contribution in [2.45, 2.75) is 18.5 Å². The number of fused-ring (bicyclic) bond motifs is 2. The molecule has 11 heteroatoms. The molecular weight excluding hydrogens is 492 g/mol. The van der Waals surface area contributed by atoms with E-state index < -0.39 is 17.5 Å². The molecule has 6 rings (SSSR count). The fourth-order valence-corrected chi connectivity index (χ4v) is 5.43. The number of nitrogens with two attached hydrogens (primary N) is 1. The average molecular weight is 518 g/mol. The van der Waals surface area contributed by atoms with Crippen LogP contribution in [-0.4, -0.2) is 57.9 Å². The zero-order valence-corrected chi connectivity index (χ0v) is 20.8. The number of carbonyl (C=O) groups excluding carboxylic acids is 1. The van der Waals surface area contributed by atoms with Crippen molar-refractivity contribution in [3.8, 4) is 39.4 Å². The van der Waals surface area contributed by atoms with E-state index in [2.05, 4.69) is 25.3 Å². The number of carbonyl (C=O) groups is 1. The Bertz CT molecular complexity index is 1570. The number of ether oxygens (including phenoxy) is 1. The predicted octanol–water partition coefficient (Wildman–Crippen LogP) is 3.15. The Morgan fingerprint density at radius 1 is 1.16 bits per heavy atom. The zero-order chi connectivity index (χ0) is 26.6. The summed E-state index contributed by atoms with van der Waals surface area (Å²) in [5, 5.41) is 7.65. The minimum Gasteiger partial charge on any atom is -0.496 e. The molecule has 0 aliphatic carbocycles. The van der Waals surface area contributed by atoms with Crippen LogP contribution in [0.5, 0.6) is 5.75 Å². The summed E-state index contributed by atoms with van der Waals surface area (Å²) in [6.45, 7) is 1.53. The fourth-order valence-electron chi connectivity index (χ4n) is 5.43. The van der Waals surface area contributed by atoms with Crippen molar-refractivity contribution in [1.29, 1.82) is 0 Å². The minimum atomic E-state index is -0.841. The molecule has 0 spiro atoms. The standard InChI is InChI=1S/C27H25F2N7O2/c1-35-12-14(9-33-35)17-8-22(36-13-15-6-16(36)10-31-15)18(7-21(17)29)19-11-32-27(34-25(19)26(30)37)24-20(28)4-3-5-23(24)38-2/h3-5,7-9,11-12,15-16,31H,6,10,13H2,1-2H3,(H2,30,37)/t15-,16-/m0/s1. The first-order chi connectivity index (χ1) is 18.3. The highest BCUT2D eigenvalue weighted by Gasteiger charge is 2.39. The summed E-state index contributed by atoms with van der Waals surface area (Å²) in [7, 11) is 3.17. The van der Waals surface area contributed by atoms with Gasteiger partial charge < -0.3 is 20.7 Å². The quantitative estimate of drug-likeness (QED) is 0.404. The molecule has 194 valence electrons. The molecule has 0 unspecified atom stereocenters. The van der Waals surface area contributed by atoms with E-state index in [9.17, 15) is 9.18 Å². The monoisotopic (exact) mass is 517 g/mol. The van der Waals surface area contributed by atoms with Gasteiger partial charge in [-0.15, -0.1) is 0 Å². The highest BCUT2D eigenvalue weighted by atomic mass is 19.1. The summed E-state index contributed by atoms with van der Waals surface area (Å²) >= 11 is 0. The molecule has 2 aliphatic rings. The van der Waals surface area contributed by atoms with Gasteiger partial charge in [0, 0.05) is 72.6 Å². The first-order valence-corrected chi connectivity index (χ1v) is 12.2. The maximum Gasteiger partial charge on any atom is 0.268 e. The average Bonchev–Trinajstić information content (AvgIpc) is 3.65. The Hall–Kier alpha value is -4.38. The van der Waals surface area contributed by atoms with Gasteiger partial charge in [-0.05, 0) is 30.7 Å². The maximum atomic E-state index is 15.6. The van der Waals surface area contributed by atoms with Crippen LogP contribution in [-0.2, 0) is 7.05 Å². The van der Waals surface area contributed by atoms with Crippen molar-refractivity contribution in [2.24, 2.45) is 12.8 Å². The molecule has 0 saturated carbocycles. The number of rotatable bonds is 6. The lowest BCUT2D eigenvalue weighted by molar-refractivity contribution is 0.0996. The molecule has 3 N–H and O–H groups in total. The van der Waals surface area contributed by atoms with Crippen LogP contribution < -0.4 is 20.7 Å². The van der Waals surface area contributed by atoms with Gasteiger partial charge in [-0.25, -0.2) is 18.7 Å². The van der Waals surface area contributed by atoms with Crippen molar-refractivity contribution < 1.29 is 18.3 Å². The fraction of sp³-hybridized carbons (Fsp3) is 0.259. The molecule has 9 nitrogen and oxygen atoms in total. The number of amides is 1. The minimum absolute atomic E-state index is 0.00491. The molecular formula is C27H25F2N7O2. The Kier molecular flexibility index (Phi) is 5.79. The van der Waals surface area contributed by atoms with Gasteiger partial charge in [-0.3, -0.25) is 9.48 Å². The normalized spacial score (nSPS) is 18.3. The van der Waals surface area contributed by atoms with Crippen molar-refractivity contribution in [2.75, 3.05) is 25.1 Å². The van der Waals surface area contributed by atoms with Gasteiger partial charge >= 0.3 is 0 Å². The van der Waals surface area contributed by atoms with Crippen molar-refractivity contribution in [3.05, 3.63) is 66.3 Å². The number of methoxy groups -OCH3 is 1. The summed E-state index contributed by atoms with van der Waals surface area (Å²) in [6, 6.07) is 8.01. The highest BCUT2D eigenvalue weighted by molar-refractivity contribution is 6.00. The van der Waals surface area contributed by atoms with Gasteiger partial charge in [0.2, 0.25) is 0 Å². The first kappa shape index (κ1) is 24.0. The number of hydrogen-bond acceptors (Lipinski definition) is 7. The maximum absolute atomic E-state index is 15.6. The Morgan fingerprint density at radius 3 is 2.66 bits per heavy atom. The molecule has 2 aliphatic heterocycles. The molecule has 1 amide bonds. The second-order valence-electron chi connectivity index (χ2n) is 9.54. The Labute approximate surface area is 217 Å². The van der Waals surface area contributed by atoms with E-state index in [1.807, 2.05) is 0 Å². The van der Waals surface area contributed by atoms with Crippen LogP contribution in [0.25, 0.3) is 33.6 Å². The molecule has 4 aromatic rings. The van der Waals surface area contributed by atoms with E-state index in [0.29, 0.717) is 22.7 Å². The van der Waals surface area contributed by atoms with Gasteiger partial charge in [-0.1, -0.05) is 6.07 Å². The van der Waals surface area contributed by atoms with Gasteiger partial charge in [0.15, 0.2) is 5.82 Å². The lowest BCUT2D eigenvalue weighted by Crippen LogP contribution is -2.43. The summed E-state index contributed by atoms with van der Waals surface area (Å²) in [6.07, 6.45) is 5.70. The van der Waals surface area contributed by atoms with Crippen LogP contribution in [0.4, 0.5) is 14.5 Å². The van der Waals surface area contributed by atoms with Crippen LogP contribution in [0.15, 0.2) is 48.9 Å². The first-order valence-electron chi connectivity index (χ1n) is 12.2. The van der Waals surface area contributed by atoms with Gasteiger partial charge in [-0.2, -0.15) is 5.10 Å². The Balaban J connectivity index is 1.55.